The highest BCUT2D eigenvalue weighted by Crippen LogP contribution is 2.37. The summed E-state index contributed by atoms with van der Waals surface area (Å²) in [5.41, 5.74) is -1.41. The molecule has 2 rings (SSSR count). The summed E-state index contributed by atoms with van der Waals surface area (Å²) in [5.74, 6) is -1.58. The van der Waals surface area contributed by atoms with E-state index < -0.39 is 17.0 Å². The van der Waals surface area contributed by atoms with E-state index in [1.165, 1.54) is 6.07 Å². The van der Waals surface area contributed by atoms with E-state index in [1.54, 1.807) is 0 Å². The molecule has 1 aromatic carbocycles. The number of carbonyl (C=O) groups is 1. The highest BCUT2D eigenvalue weighted by Gasteiger charge is 2.41. The Kier molecular flexibility index (Phi) is 3.42. The third-order valence-electron chi connectivity index (χ3n) is 3.55. The van der Waals surface area contributed by atoms with Crippen LogP contribution in [-0.4, -0.2) is 5.78 Å². The van der Waals surface area contributed by atoms with E-state index in [-0.39, 0.29) is 17.8 Å². The molecule has 0 aromatic heterocycles. The van der Waals surface area contributed by atoms with Crippen molar-refractivity contribution < 1.29 is 13.6 Å². The van der Waals surface area contributed by atoms with Gasteiger partial charge in [-0.05, 0) is 25.0 Å². The number of rotatable bonds is 2. The molecule has 0 bridgehead atoms. The second kappa shape index (κ2) is 4.85. The Morgan fingerprint density at radius 2 is 1.94 bits per heavy atom. The van der Waals surface area contributed by atoms with E-state index in [0.29, 0.717) is 12.8 Å². The molecule has 1 fully saturated rings. The van der Waals surface area contributed by atoms with Crippen molar-refractivity contribution in [3.05, 3.63) is 35.4 Å². The van der Waals surface area contributed by atoms with Crippen LogP contribution < -0.4 is 0 Å². The first-order valence-corrected chi connectivity index (χ1v) is 5.96. The fourth-order valence-electron chi connectivity index (χ4n) is 2.44. The van der Waals surface area contributed by atoms with Crippen LogP contribution in [0, 0.1) is 28.4 Å². The summed E-state index contributed by atoms with van der Waals surface area (Å²) in [7, 11) is 0. The van der Waals surface area contributed by atoms with Gasteiger partial charge in [0.05, 0.1) is 6.07 Å². The first-order chi connectivity index (χ1) is 8.59. The summed E-state index contributed by atoms with van der Waals surface area (Å²) in [5, 5.41) is 9.24. The zero-order valence-corrected chi connectivity index (χ0v) is 9.88. The topological polar surface area (TPSA) is 40.9 Å². The van der Waals surface area contributed by atoms with Crippen LogP contribution >= 0.6 is 0 Å². The molecule has 1 saturated carbocycles. The molecule has 1 aliphatic carbocycles. The Balaban J connectivity index is 2.37. The molecule has 0 radical (unpaired) electrons. The molecule has 0 spiro atoms. The van der Waals surface area contributed by atoms with Crippen LogP contribution in [0.25, 0.3) is 0 Å². The van der Waals surface area contributed by atoms with Crippen molar-refractivity contribution in [1.82, 2.24) is 0 Å². The van der Waals surface area contributed by atoms with Crippen LogP contribution in [0.5, 0.6) is 0 Å². The van der Waals surface area contributed by atoms with Crippen molar-refractivity contribution in [1.29, 1.82) is 5.26 Å². The maximum atomic E-state index is 13.6. The van der Waals surface area contributed by atoms with Crippen molar-refractivity contribution in [3.63, 3.8) is 0 Å². The van der Waals surface area contributed by atoms with E-state index in [0.717, 1.165) is 25.0 Å². The molecular weight excluding hydrogens is 236 g/mol. The quantitative estimate of drug-likeness (QED) is 0.807. The Bertz CT molecular complexity index is 501. The Morgan fingerprint density at radius 1 is 1.28 bits per heavy atom. The fourth-order valence-corrected chi connectivity index (χ4v) is 2.44. The molecule has 1 aromatic rings. The lowest BCUT2D eigenvalue weighted by atomic mass is 9.70. The normalized spacial score (nSPS) is 23.7. The highest BCUT2D eigenvalue weighted by atomic mass is 19.1. The molecule has 0 N–H and O–H groups in total. The summed E-state index contributed by atoms with van der Waals surface area (Å²) in [6, 6.07) is 5.56. The molecule has 0 saturated heterocycles. The molecule has 0 heterocycles. The van der Waals surface area contributed by atoms with Crippen LogP contribution in [0.1, 0.15) is 31.2 Å². The van der Waals surface area contributed by atoms with Gasteiger partial charge in [-0.25, -0.2) is 8.78 Å². The van der Waals surface area contributed by atoms with Gasteiger partial charge < -0.3 is 0 Å². The summed E-state index contributed by atoms with van der Waals surface area (Å²) in [4.78, 5) is 11.9. The van der Waals surface area contributed by atoms with E-state index in [4.69, 9.17) is 0 Å². The van der Waals surface area contributed by atoms with Crippen LogP contribution in [0.2, 0.25) is 0 Å². The molecule has 1 aliphatic rings. The van der Waals surface area contributed by atoms with Gasteiger partial charge in [0.1, 0.15) is 17.0 Å². The van der Waals surface area contributed by atoms with Gasteiger partial charge >= 0.3 is 0 Å². The standard InChI is InChI=1S/C14H13F2NO/c15-11-4-3-5-12(16)10(11)8-14(9-17)7-2-1-6-13(14)18/h3-5H,1-2,6-8H2. The summed E-state index contributed by atoms with van der Waals surface area (Å²) >= 11 is 0. The van der Waals surface area contributed by atoms with Crippen molar-refractivity contribution in [2.45, 2.75) is 32.1 Å². The minimum atomic E-state index is -1.25. The summed E-state index contributed by atoms with van der Waals surface area (Å²) in [6.45, 7) is 0. The minimum absolute atomic E-state index is 0.158. The molecule has 4 heteroatoms. The Morgan fingerprint density at radius 3 is 2.50 bits per heavy atom. The van der Waals surface area contributed by atoms with Gasteiger partial charge in [0.25, 0.3) is 0 Å². The van der Waals surface area contributed by atoms with Gasteiger partial charge in [-0.2, -0.15) is 5.26 Å². The summed E-state index contributed by atoms with van der Waals surface area (Å²) in [6.07, 6.45) is 2.04. The number of nitrogens with zero attached hydrogens (tertiary/aromatic N) is 1. The molecule has 2 nitrogen and oxygen atoms in total. The maximum Gasteiger partial charge on any atom is 0.153 e. The number of hydrogen-bond acceptors (Lipinski definition) is 2. The lowest BCUT2D eigenvalue weighted by Gasteiger charge is -2.29. The van der Waals surface area contributed by atoms with Gasteiger partial charge in [0, 0.05) is 18.4 Å². The molecule has 0 amide bonds. The molecule has 94 valence electrons. The SMILES string of the molecule is N#CC1(Cc2c(F)cccc2F)CCCCC1=O. The zero-order chi connectivity index (χ0) is 13.2. The van der Waals surface area contributed by atoms with E-state index in [1.807, 2.05) is 6.07 Å². The average Bonchev–Trinajstić information content (AvgIpc) is 2.36. The molecule has 18 heavy (non-hydrogen) atoms. The van der Waals surface area contributed by atoms with Gasteiger partial charge in [0.2, 0.25) is 0 Å². The predicted octanol–water partition coefficient (Wildman–Crippen LogP) is 3.16. The maximum absolute atomic E-state index is 13.6. The first kappa shape index (κ1) is 12.7. The van der Waals surface area contributed by atoms with Crippen molar-refractivity contribution in [2.75, 3.05) is 0 Å². The number of hydrogen-bond donors (Lipinski definition) is 0. The number of carbonyl (C=O) groups excluding carboxylic acids is 1. The number of nitriles is 1. The van der Waals surface area contributed by atoms with E-state index in [2.05, 4.69) is 0 Å². The van der Waals surface area contributed by atoms with Crippen molar-refractivity contribution in [3.8, 4) is 6.07 Å². The average molecular weight is 249 g/mol. The second-order valence-corrected chi connectivity index (χ2v) is 4.70. The number of Topliss-reactive ketones (excluding diaryl/α,β-unsaturated/α-hetero) is 1. The van der Waals surface area contributed by atoms with Crippen LogP contribution in [-0.2, 0) is 11.2 Å². The number of halogens is 2. The smallest absolute Gasteiger partial charge is 0.153 e. The van der Waals surface area contributed by atoms with Crippen molar-refractivity contribution in [2.24, 2.45) is 5.41 Å². The van der Waals surface area contributed by atoms with Gasteiger partial charge in [-0.3, -0.25) is 4.79 Å². The lowest BCUT2D eigenvalue weighted by Crippen LogP contribution is -2.35. The molecule has 1 unspecified atom stereocenters. The molecular formula is C14H13F2NO. The highest BCUT2D eigenvalue weighted by molar-refractivity contribution is 5.88. The fraction of sp³-hybridized carbons (Fsp3) is 0.429. The monoisotopic (exact) mass is 249 g/mol. The van der Waals surface area contributed by atoms with Gasteiger partial charge in [0.15, 0.2) is 5.78 Å². The molecule has 0 aliphatic heterocycles. The van der Waals surface area contributed by atoms with Crippen molar-refractivity contribution >= 4 is 5.78 Å². The Labute approximate surface area is 104 Å². The molecule has 1 atom stereocenters. The van der Waals surface area contributed by atoms with Gasteiger partial charge in [-0.1, -0.05) is 12.5 Å². The minimum Gasteiger partial charge on any atom is -0.298 e. The Hall–Kier alpha value is -1.76. The van der Waals surface area contributed by atoms with E-state index >= 15 is 0 Å². The van der Waals surface area contributed by atoms with Crippen LogP contribution in [0.15, 0.2) is 18.2 Å². The summed E-state index contributed by atoms with van der Waals surface area (Å²) < 4.78 is 27.2. The number of benzene rings is 1. The zero-order valence-electron chi connectivity index (χ0n) is 9.88. The van der Waals surface area contributed by atoms with Crippen LogP contribution in [0.4, 0.5) is 8.78 Å². The lowest BCUT2D eigenvalue weighted by molar-refractivity contribution is -0.128. The first-order valence-electron chi connectivity index (χ1n) is 5.96. The third kappa shape index (κ3) is 2.13. The second-order valence-electron chi connectivity index (χ2n) is 4.70. The largest absolute Gasteiger partial charge is 0.298 e. The number of ketones is 1. The predicted molar refractivity (Wildman–Crippen MR) is 61.6 cm³/mol. The van der Waals surface area contributed by atoms with Gasteiger partial charge in [-0.15, -0.1) is 0 Å². The van der Waals surface area contributed by atoms with E-state index in [9.17, 15) is 18.8 Å². The third-order valence-corrected chi connectivity index (χ3v) is 3.55. The van der Waals surface area contributed by atoms with Crippen LogP contribution in [0.3, 0.4) is 0 Å².